The second kappa shape index (κ2) is 6.46. The molecule has 0 aromatic carbocycles. The van der Waals surface area contributed by atoms with Gasteiger partial charge >= 0.3 is 0 Å². The minimum atomic E-state index is 0.227. The molecule has 1 aliphatic heterocycles. The molecule has 3 nitrogen and oxygen atoms in total. The maximum Gasteiger partial charge on any atom is 0.225 e. The maximum absolute atomic E-state index is 12.7. The van der Waals surface area contributed by atoms with Gasteiger partial charge in [0.15, 0.2) is 0 Å². The Morgan fingerprint density at radius 3 is 2.30 bits per heavy atom. The molecule has 0 bridgehead atoms. The molecule has 1 amide bonds. The van der Waals surface area contributed by atoms with Crippen LogP contribution < -0.4 is 5.73 Å². The summed E-state index contributed by atoms with van der Waals surface area (Å²) in [6, 6.07) is 0.309. The van der Waals surface area contributed by atoms with Crippen molar-refractivity contribution >= 4 is 5.91 Å². The molecule has 2 fully saturated rings. The number of carbonyl (C=O) groups is 1. The van der Waals surface area contributed by atoms with E-state index in [4.69, 9.17) is 5.73 Å². The molecule has 2 aliphatic rings. The van der Waals surface area contributed by atoms with Gasteiger partial charge in [-0.1, -0.05) is 33.6 Å². The number of rotatable bonds is 3. The summed E-state index contributed by atoms with van der Waals surface area (Å²) in [4.78, 5) is 14.9. The van der Waals surface area contributed by atoms with Crippen molar-refractivity contribution in [1.29, 1.82) is 0 Å². The molecule has 3 heteroatoms. The van der Waals surface area contributed by atoms with Gasteiger partial charge in [0.25, 0.3) is 0 Å². The number of carbonyl (C=O) groups excluding carboxylic acids is 1. The summed E-state index contributed by atoms with van der Waals surface area (Å²) in [5, 5.41) is 0. The molecule has 1 saturated heterocycles. The van der Waals surface area contributed by atoms with E-state index in [0.29, 0.717) is 23.3 Å². The van der Waals surface area contributed by atoms with E-state index in [1.54, 1.807) is 0 Å². The van der Waals surface area contributed by atoms with Crippen molar-refractivity contribution in [2.75, 3.05) is 13.1 Å². The van der Waals surface area contributed by atoms with Crippen LogP contribution in [0.5, 0.6) is 0 Å². The standard InChI is InChI=1S/C17H32N2O/c1-4-17(5-2)8-10-19(11-9-17)16(20)15-7-6-14(18)12-13(15)3/h13-15H,4-12,18H2,1-3H3. The Labute approximate surface area is 124 Å². The Morgan fingerprint density at radius 1 is 1.20 bits per heavy atom. The van der Waals surface area contributed by atoms with Gasteiger partial charge in [-0.3, -0.25) is 4.79 Å². The molecule has 0 spiro atoms. The lowest BCUT2D eigenvalue weighted by atomic mass is 9.73. The van der Waals surface area contributed by atoms with Crippen LogP contribution in [-0.2, 0) is 4.79 Å². The van der Waals surface area contributed by atoms with Gasteiger partial charge < -0.3 is 10.6 Å². The monoisotopic (exact) mass is 280 g/mol. The summed E-state index contributed by atoms with van der Waals surface area (Å²) in [5.74, 6) is 1.09. The molecule has 0 aromatic heterocycles. The van der Waals surface area contributed by atoms with Gasteiger partial charge in [-0.05, 0) is 43.4 Å². The first-order valence-electron chi connectivity index (χ1n) is 8.55. The molecule has 0 radical (unpaired) electrons. The van der Waals surface area contributed by atoms with Crippen molar-refractivity contribution in [1.82, 2.24) is 4.90 Å². The van der Waals surface area contributed by atoms with E-state index < -0.39 is 0 Å². The van der Waals surface area contributed by atoms with E-state index in [1.807, 2.05) is 0 Å². The number of piperidine rings is 1. The molecule has 2 rings (SSSR count). The Bertz CT molecular complexity index is 328. The lowest BCUT2D eigenvalue weighted by Gasteiger charge is -2.43. The predicted octanol–water partition coefficient (Wildman–Crippen LogP) is 3.18. The lowest BCUT2D eigenvalue weighted by Crippen LogP contribution is -2.48. The van der Waals surface area contributed by atoms with E-state index in [1.165, 1.54) is 25.7 Å². The van der Waals surface area contributed by atoms with Crippen LogP contribution >= 0.6 is 0 Å². The van der Waals surface area contributed by atoms with Crippen molar-refractivity contribution in [2.24, 2.45) is 23.0 Å². The summed E-state index contributed by atoms with van der Waals surface area (Å²) in [7, 11) is 0. The van der Waals surface area contributed by atoms with Crippen LogP contribution in [0.4, 0.5) is 0 Å². The summed E-state index contributed by atoms with van der Waals surface area (Å²) in [5.41, 5.74) is 6.51. The molecule has 116 valence electrons. The SMILES string of the molecule is CCC1(CC)CCN(C(=O)C2CCC(N)CC2C)CC1. The van der Waals surface area contributed by atoms with Crippen LogP contribution in [0.1, 0.15) is 65.7 Å². The van der Waals surface area contributed by atoms with E-state index in [9.17, 15) is 4.79 Å². The first-order chi connectivity index (χ1) is 9.51. The molecule has 1 heterocycles. The molecule has 1 saturated carbocycles. The minimum Gasteiger partial charge on any atom is -0.342 e. The highest BCUT2D eigenvalue weighted by Gasteiger charge is 2.37. The molecule has 3 atom stereocenters. The highest BCUT2D eigenvalue weighted by Crippen LogP contribution is 2.39. The van der Waals surface area contributed by atoms with E-state index in [0.717, 1.165) is 32.4 Å². The summed E-state index contributed by atoms with van der Waals surface area (Å²) in [6.07, 6.45) is 7.89. The van der Waals surface area contributed by atoms with Gasteiger partial charge in [0.05, 0.1) is 0 Å². The molecule has 3 unspecified atom stereocenters. The quantitative estimate of drug-likeness (QED) is 0.863. The number of likely N-dealkylation sites (tertiary alicyclic amines) is 1. The Hall–Kier alpha value is -0.570. The Balaban J connectivity index is 1.92. The minimum absolute atomic E-state index is 0.227. The zero-order valence-electron chi connectivity index (χ0n) is 13.5. The average Bonchev–Trinajstić information content (AvgIpc) is 2.47. The fourth-order valence-corrected chi connectivity index (χ4v) is 4.20. The molecular weight excluding hydrogens is 248 g/mol. The van der Waals surface area contributed by atoms with Crippen LogP contribution in [0.25, 0.3) is 0 Å². The van der Waals surface area contributed by atoms with Crippen LogP contribution in [-0.4, -0.2) is 29.9 Å². The number of nitrogens with zero attached hydrogens (tertiary/aromatic N) is 1. The number of hydrogen-bond donors (Lipinski definition) is 1. The third-order valence-corrected chi connectivity index (χ3v) is 6.16. The van der Waals surface area contributed by atoms with Gasteiger partial charge in [-0.2, -0.15) is 0 Å². The average molecular weight is 280 g/mol. The first kappa shape index (κ1) is 15.8. The molecule has 0 aromatic rings. The highest BCUT2D eigenvalue weighted by molar-refractivity contribution is 5.79. The smallest absolute Gasteiger partial charge is 0.225 e. The van der Waals surface area contributed by atoms with Crippen molar-refractivity contribution in [3.63, 3.8) is 0 Å². The zero-order valence-corrected chi connectivity index (χ0v) is 13.5. The Kier molecular flexibility index (Phi) is 5.11. The number of nitrogens with two attached hydrogens (primary N) is 1. The third kappa shape index (κ3) is 3.19. The topological polar surface area (TPSA) is 46.3 Å². The van der Waals surface area contributed by atoms with Crippen LogP contribution in [0.3, 0.4) is 0 Å². The van der Waals surface area contributed by atoms with Gasteiger partial charge in [0.1, 0.15) is 0 Å². The normalized spacial score (nSPS) is 34.0. The number of hydrogen-bond acceptors (Lipinski definition) is 2. The molecular formula is C17H32N2O. The molecule has 1 aliphatic carbocycles. The van der Waals surface area contributed by atoms with Crippen LogP contribution in [0.15, 0.2) is 0 Å². The van der Waals surface area contributed by atoms with Crippen molar-refractivity contribution in [3.05, 3.63) is 0 Å². The third-order valence-electron chi connectivity index (χ3n) is 6.16. The van der Waals surface area contributed by atoms with Gasteiger partial charge in [0.2, 0.25) is 5.91 Å². The number of amides is 1. The summed E-state index contributed by atoms with van der Waals surface area (Å²) >= 11 is 0. The second-order valence-corrected chi connectivity index (χ2v) is 7.19. The Morgan fingerprint density at radius 2 is 1.80 bits per heavy atom. The fourth-order valence-electron chi connectivity index (χ4n) is 4.20. The van der Waals surface area contributed by atoms with Crippen LogP contribution in [0.2, 0.25) is 0 Å². The first-order valence-corrected chi connectivity index (χ1v) is 8.55. The van der Waals surface area contributed by atoms with Gasteiger partial charge in [0, 0.05) is 25.0 Å². The predicted molar refractivity (Wildman–Crippen MR) is 83.3 cm³/mol. The highest BCUT2D eigenvalue weighted by atomic mass is 16.2. The van der Waals surface area contributed by atoms with E-state index in [2.05, 4.69) is 25.7 Å². The largest absolute Gasteiger partial charge is 0.342 e. The van der Waals surface area contributed by atoms with E-state index >= 15 is 0 Å². The lowest BCUT2D eigenvalue weighted by molar-refractivity contribution is -0.140. The summed E-state index contributed by atoms with van der Waals surface area (Å²) < 4.78 is 0. The molecule has 2 N–H and O–H groups in total. The van der Waals surface area contributed by atoms with Crippen LogP contribution in [0, 0.1) is 17.3 Å². The van der Waals surface area contributed by atoms with E-state index in [-0.39, 0.29) is 5.92 Å². The molecule has 20 heavy (non-hydrogen) atoms. The zero-order chi connectivity index (χ0) is 14.8. The summed E-state index contributed by atoms with van der Waals surface area (Å²) in [6.45, 7) is 8.73. The maximum atomic E-state index is 12.7. The van der Waals surface area contributed by atoms with Crippen molar-refractivity contribution < 1.29 is 4.79 Å². The van der Waals surface area contributed by atoms with Gasteiger partial charge in [-0.25, -0.2) is 0 Å². The van der Waals surface area contributed by atoms with Crippen molar-refractivity contribution in [3.8, 4) is 0 Å². The second-order valence-electron chi connectivity index (χ2n) is 7.19. The van der Waals surface area contributed by atoms with Gasteiger partial charge in [-0.15, -0.1) is 0 Å². The fraction of sp³-hybridized carbons (Fsp3) is 0.941. The van der Waals surface area contributed by atoms with Crippen molar-refractivity contribution in [2.45, 2.75) is 71.8 Å².